The zero-order chi connectivity index (χ0) is 12.4. The van der Waals surface area contributed by atoms with Crippen LogP contribution in [0.4, 0.5) is 20.2 Å². The molecule has 0 aromatic heterocycles. The van der Waals surface area contributed by atoms with Crippen molar-refractivity contribution in [3.05, 3.63) is 23.8 Å². The number of benzene rings is 1. The summed E-state index contributed by atoms with van der Waals surface area (Å²) in [7, 11) is 0. The van der Waals surface area contributed by atoms with Gasteiger partial charge in [-0.3, -0.25) is 0 Å². The van der Waals surface area contributed by atoms with E-state index in [4.69, 9.17) is 5.73 Å². The molecule has 0 amide bonds. The van der Waals surface area contributed by atoms with Crippen LogP contribution < -0.4 is 11.1 Å². The average molecular weight is 240 g/mol. The summed E-state index contributed by atoms with van der Waals surface area (Å²) in [5.41, 5.74) is 5.99. The largest absolute Gasteiger partial charge is 0.395 e. The van der Waals surface area contributed by atoms with Crippen molar-refractivity contribution in [2.45, 2.75) is 38.6 Å². The van der Waals surface area contributed by atoms with Crippen molar-refractivity contribution in [1.29, 1.82) is 0 Å². The van der Waals surface area contributed by atoms with E-state index in [0.717, 1.165) is 25.3 Å². The maximum absolute atomic E-state index is 13.3. The van der Waals surface area contributed by atoms with E-state index in [1.54, 1.807) is 0 Å². The van der Waals surface area contributed by atoms with Crippen LogP contribution >= 0.6 is 0 Å². The van der Waals surface area contributed by atoms with Gasteiger partial charge in [0, 0.05) is 12.1 Å². The monoisotopic (exact) mass is 240 g/mol. The number of anilines is 2. The molecule has 3 N–H and O–H groups in total. The summed E-state index contributed by atoms with van der Waals surface area (Å²) < 4.78 is 26.4. The zero-order valence-electron chi connectivity index (χ0n) is 9.97. The van der Waals surface area contributed by atoms with Crippen LogP contribution in [-0.2, 0) is 0 Å². The number of rotatable bonds is 2. The third-order valence-corrected chi connectivity index (χ3v) is 3.55. The van der Waals surface area contributed by atoms with Crippen LogP contribution in [0.15, 0.2) is 12.1 Å². The number of nitrogens with one attached hydrogen (secondary N) is 1. The van der Waals surface area contributed by atoms with Gasteiger partial charge >= 0.3 is 0 Å². The summed E-state index contributed by atoms with van der Waals surface area (Å²) in [6, 6.07) is 2.33. The molecule has 2 unspecified atom stereocenters. The quantitative estimate of drug-likeness (QED) is 0.776. The summed E-state index contributed by atoms with van der Waals surface area (Å²) in [6.07, 6.45) is 4.56. The third-order valence-electron chi connectivity index (χ3n) is 3.55. The molecule has 0 heterocycles. The molecule has 94 valence electrons. The maximum Gasteiger partial charge on any atom is 0.151 e. The highest BCUT2D eigenvalue weighted by Crippen LogP contribution is 2.30. The highest BCUT2D eigenvalue weighted by molar-refractivity contribution is 5.67. The minimum Gasteiger partial charge on any atom is -0.395 e. The first-order valence-corrected chi connectivity index (χ1v) is 6.09. The molecular formula is C13H18F2N2. The number of nitrogens with two attached hydrogens (primary N) is 1. The summed E-state index contributed by atoms with van der Waals surface area (Å²) in [4.78, 5) is 0. The molecule has 0 saturated heterocycles. The zero-order valence-corrected chi connectivity index (χ0v) is 9.97. The molecule has 1 aliphatic rings. The topological polar surface area (TPSA) is 38.0 Å². The molecule has 2 rings (SSSR count). The van der Waals surface area contributed by atoms with Crippen LogP contribution in [0.1, 0.15) is 32.6 Å². The van der Waals surface area contributed by atoms with Crippen molar-refractivity contribution >= 4 is 11.4 Å². The Hall–Kier alpha value is -1.32. The predicted molar refractivity (Wildman–Crippen MR) is 65.8 cm³/mol. The van der Waals surface area contributed by atoms with Gasteiger partial charge in [-0.05, 0) is 24.8 Å². The second-order valence-electron chi connectivity index (χ2n) is 4.86. The first-order valence-electron chi connectivity index (χ1n) is 6.09. The summed E-state index contributed by atoms with van der Waals surface area (Å²) in [6.45, 7) is 2.16. The Balaban J connectivity index is 2.17. The predicted octanol–water partition coefficient (Wildman–Crippen LogP) is 3.54. The fourth-order valence-electron chi connectivity index (χ4n) is 2.43. The molecule has 0 radical (unpaired) electrons. The van der Waals surface area contributed by atoms with Crippen molar-refractivity contribution in [3.8, 4) is 0 Å². The molecule has 1 fully saturated rings. The highest BCUT2D eigenvalue weighted by atomic mass is 19.1. The first-order chi connectivity index (χ1) is 8.08. The lowest BCUT2D eigenvalue weighted by Gasteiger charge is -2.30. The van der Waals surface area contributed by atoms with E-state index in [2.05, 4.69) is 12.2 Å². The Morgan fingerprint density at radius 3 is 2.65 bits per heavy atom. The number of hydrogen-bond donors (Lipinski definition) is 2. The SMILES string of the molecule is CC1CCCCC1Nc1cc(F)cc(F)c1N. The summed E-state index contributed by atoms with van der Waals surface area (Å²) in [5, 5.41) is 3.18. The van der Waals surface area contributed by atoms with Crippen molar-refractivity contribution in [3.63, 3.8) is 0 Å². The average Bonchev–Trinajstić information content (AvgIpc) is 2.28. The fraction of sp³-hybridized carbons (Fsp3) is 0.538. The summed E-state index contributed by atoms with van der Waals surface area (Å²) in [5.74, 6) is -0.784. The molecule has 1 aromatic rings. The van der Waals surface area contributed by atoms with E-state index in [1.165, 1.54) is 12.5 Å². The van der Waals surface area contributed by atoms with Gasteiger partial charge in [-0.1, -0.05) is 19.8 Å². The van der Waals surface area contributed by atoms with Gasteiger partial charge in [-0.15, -0.1) is 0 Å². The van der Waals surface area contributed by atoms with Crippen molar-refractivity contribution < 1.29 is 8.78 Å². The lowest BCUT2D eigenvalue weighted by Crippen LogP contribution is -2.30. The van der Waals surface area contributed by atoms with Crippen LogP contribution in [-0.4, -0.2) is 6.04 Å². The van der Waals surface area contributed by atoms with E-state index in [-0.39, 0.29) is 11.7 Å². The highest BCUT2D eigenvalue weighted by Gasteiger charge is 2.22. The van der Waals surface area contributed by atoms with Crippen LogP contribution in [0.3, 0.4) is 0 Å². The van der Waals surface area contributed by atoms with E-state index < -0.39 is 11.6 Å². The molecule has 1 aliphatic carbocycles. The number of nitrogen functional groups attached to an aromatic ring is 1. The molecule has 0 aliphatic heterocycles. The standard InChI is InChI=1S/C13H18F2N2/c1-8-4-2-3-5-11(8)17-12-7-9(14)6-10(15)13(12)16/h6-8,11,17H,2-5,16H2,1H3. The molecule has 1 aromatic carbocycles. The Morgan fingerprint density at radius 2 is 1.94 bits per heavy atom. The van der Waals surface area contributed by atoms with E-state index in [1.807, 2.05) is 0 Å². The molecule has 2 atom stereocenters. The van der Waals surface area contributed by atoms with Gasteiger partial charge in [0.05, 0.1) is 11.4 Å². The van der Waals surface area contributed by atoms with Crippen LogP contribution in [0, 0.1) is 17.6 Å². The maximum atomic E-state index is 13.3. The number of halogens is 2. The Bertz CT molecular complexity index is 407. The second-order valence-corrected chi connectivity index (χ2v) is 4.86. The fourth-order valence-corrected chi connectivity index (χ4v) is 2.43. The van der Waals surface area contributed by atoms with Crippen molar-refractivity contribution in [1.82, 2.24) is 0 Å². The van der Waals surface area contributed by atoms with Crippen molar-refractivity contribution in [2.75, 3.05) is 11.1 Å². The van der Waals surface area contributed by atoms with Gasteiger partial charge in [-0.25, -0.2) is 8.78 Å². The van der Waals surface area contributed by atoms with Gasteiger partial charge < -0.3 is 11.1 Å². The van der Waals surface area contributed by atoms with E-state index in [9.17, 15) is 8.78 Å². The van der Waals surface area contributed by atoms with Crippen molar-refractivity contribution in [2.24, 2.45) is 5.92 Å². The van der Waals surface area contributed by atoms with E-state index >= 15 is 0 Å². The van der Waals surface area contributed by atoms with Gasteiger partial charge in [0.1, 0.15) is 5.82 Å². The first kappa shape index (κ1) is 12.1. The minimum absolute atomic E-state index is 0.00386. The van der Waals surface area contributed by atoms with Gasteiger partial charge in [-0.2, -0.15) is 0 Å². The van der Waals surface area contributed by atoms with Crippen LogP contribution in [0.2, 0.25) is 0 Å². The van der Waals surface area contributed by atoms with Gasteiger partial charge in [0.25, 0.3) is 0 Å². The molecule has 17 heavy (non-hydrogen) atoms. The number of hydrogen-bond acceptors (Lipinski definition) is 2. The molecule has 4 heteroatoms. The smallest absolute Gasteiger partial charge is 0.151 e. The molecule has 0 bridgehead atoms. The lowest BCUT2D eigenvalue weighted by atomic mass is 9.86. The summed E-state index contributed by atoms with van der Waals surface area (Å²) >= 11 is 0. The Morgan fingerprint density at radius 1 is 1.24 bits per heavy atom. The lowest BCUT2D eigenvalue weighted by molar-refractivity contribution is 0.349. The third kappa shape index (κ3) is 2.68. The van der Waals surface area contributed by atoms with E-state index in [0.29, 0.717) is 11.6 Å². The Kier molecular flexibility index (Phi) is 3.50. The van der Waals surface area contributed by atoms with Crippen LogP contribution in [0.5, 0.6) is 0 Å². The van der Waals surface area contributed by atoms with Gasteiger partial charge in [0.2, 0.25) is 0 Å². The van der Waals surface area contributed by atoms with Crippen LogP contribution in [0.25, 0.3) is 0 Å². The van der Waals surface area contributed by atoms with Gasteiger partial charge in [0.15, 0.2) is 5.82 Å². The minimum atomic E-state index is -0.698. The normalized spacial score (nSPS) is 24.6. The second kappa shape index (κ2) is 4.90. The molecule has 1 saturated carbocycles. The molecule has 0 spiro atoms. The Labute approximate surface area is 100 Å². The molecular weight excluding hydrogens is 222 g/mol. The molecule has 2 nitrogen and oxygen atoms in total.